The number of benzene rings is 1. The fourth-order valence-corrected chi connectivity index (χ4v) is 4.09. The number of rotatable bonds is 4. The first-order chi connectivity index (χ1) is 11.8. The molecule has 0 aliphatic carbocycles. The van der Waals surface area contributed by atoms with Crippen LogP contribution in [-0.4, -0.2) is 21.2 Å². The van der Waals surface area contributed by atoms with Gasteiger partial charge in [0.2, 0.25) is 0 Å². The van der Waals surface area contributed by atoms with Crippen LogP contribution in [0.3, 0.4) is 0 Å². The van der Waals surface area contributed by atoms with Crippen molar-refractivity contribution in [2.24, 2.45) is 0 Å². The minimum absolute atomic E-state index is 0.0429. The Labute approximate surface area is 153 Å². The normalized spacial score (nSPS) is 12.3. The summed E-state index contributed by atoms with van der Waals surface area (Å²) in [6.45, 7) is 1.85. The van der Waals surface area contributed by atoms with Crippen molar-refractivity contribution < 1.29 is 18.7 Å². The van der Waals surface area contributed by atoms with E-state index in [-0.39, 0.29) is 6.42 Å². The third-order valence-corrected chi connectivity index (χ3v) is 5.00. The molecule has 0 spiro atoms. The second kappa shape index (κ2) is 7.01. The van der Waals surface area contributed by atoms with Crippen LogP contribution in [0.25, 0.3) is 10.3 Å². The zero-order chi connectivity index (χ0) is 18.1. The van der Waals surface area contributed by atoms with Crippen LogP contribution in [0.1, 0.15) is 22.3 Å². The van der Waals surface area contributed by atoms with Crippen LogP contribution in [0.2, 0.25) is 0 Å². The van der Waals surface area contributed by atoms with Crippen LogP contribution >= 0.6 is 27.3 Å². The molecule has 1 amide bonds. The van der Waals surface area contributed by atoms with Gasteiger partial charge in [0.05, 0.1) is 21.4 Å². The third kappa shape index (κ3) is 4.10. The molecule has 5 nitrogen and oxygen atoms in total. The van der Waals surface area contributed by atoms with E-state index in [2.05, 4.69) is 31.2 Å². The van der Waals surface area contributed by atoms with Gasteiger partial charge in [0.25, 0.3) is 0 Å². The minimum Gasteiger partial charge on any atom is -0.465 e. The highest BCUT2D eigenvalue weighted by Gasteiger charge is 2.21. The van der Waals surface area contributed by atoms with Crippen LogP contribution in [0.15, 0.2) is 28.7 Å². The highest BCUT2D eigenvalue weighted by atomic mass is 79.9. The molecular formula is C16H12BrF2N3O2S. The van der Waals surface area contributed by atoms with E-state index < -0.39 is 23.8 Å². The SMILES string of the molecule is Cc1nc2nc(C(Cc3cc(F)cc(F)c3)NC(=O)O)c(Br)cc2s1. The maximum atomic E-state index is 13.4. The average Bonchev–Trinajstić information content (AvgIpc) is 2.83. The van der Waals surface area contributed by atoms with E-state index in [1.165, 1.54) is 23.5 Å². The number of aryl methyl sites for hydroxylation is 1. The average molecular weight is 428 g/mol. The van der Waals surface area contributed by atoms with Gasteiger partial charge in [-0.25, -0.2) is 23.5 Å². The fraction of sp³-hybridized carbons (Fsp3) is 0.188. The summed E-state index contributed by atoms with van der Waals surface area (Å²) in [5.74, 6) is -1.44. The molecule has 2 heterocycles. The topological polar surface area (TPSA) is 75.1 Å². The van der Waals surface area contributed by atoms with E-state index in [1.807, 2.05) is 13.0 Å². The lowest BCUT2D eigenvalue weighted by molar-refractivity contribution is 0.189. The Bertz CT molecular complexity index is 944. The number of hydrogen-bond donors (Lipinski definition) is 2. The lowest BCUT2D eigenvalue weighted by Crippen LogP contribution is -2.29. The predicted molar refractivity (Wildman–Crippen MR) is 93.8 cm³/mol. The van der Waals surface area contributed by atoms with E-state index in [0.717, 1.165) is 15.8 Å². The fourth-order valence-electron chi connectivity index (χ4n) is 2.54. The van der Waals surface area contributed by atoms with Crippen molar-refractivity contribution in [2.45, 2.75) is 19.4 Å². The van der Waals surface area contributed by atoms with Crippen LogP contribution in [0, 0.1) is 18.6 Å². The smallest absolute Gasteiger partial charge is 0.405 e. The van der Waals surface area contributed by atoms with Gasteiger partial charge in [-0.2, -0.15) is 0 Å². The Kier molecular flexibility index (Phi) is 4.96. The molecule has 1 aromatic carbocycles. The maximum Gasteiger partial charge on any atom is 0.405 e. The molecule has 3 aromatic rings. The monoisotopic (exact) mass is 427 g/mol. The molecule has 25 heavy (non-hydrogen) atoms. The Morgan fingerprint density at radius 1 is 1.28 bits per heavy atom. The highest BCUT2D eigenvalue weighted by Crippen LogP contribution is 2.30. The first kappa shape index (κ1) is 17.7. The van der Waals surface area contributed by atoms with E-state index in [4.69, 9.17) is 5.11 Å². The van der Waals surface area contributed by atoms with E-state index >= 15 is 0 Å². The lowest BCUT2D eigenvalue weighted by atomic mass is 10.0. The Balaban J connectivity index is 2.03. The molecule has 2 N–H and O–H groups in total. The molecule has 0 saturated carbocycles. The molecule has 0 fully saturated rings. The van der Waals surface area contributed by atoms with Gasteiger partial charge in [-0.15, -0.1) is 11.3 Å². The molecule has 9 heteroatoms. The zero-order valence-corrected chi connectivity index (χ0v) is 15.3. The summed E-state index contributed by atoms with van der Waals surface area (Å²) >= 11 is 4.86. The van der Waals surface area contributed by atoms with Gasteiger partial charge in [-0.3, -0.25) is 0 Å². The molecule has 0 bridgehead atoms. The summed E-state index contributed by atoms with van der Waals surface area (Å²) in [7, 11) is 0. The molecule has 130 valence electrons. The van der Waals surface area contributed by atoms with Crippen LogP contribution in [0.4, 0.5) is 13.6 Å². The van der Waals surface area contributed by atoms with Gasteiger partial charge in [0.15, 0.2) is 5.65 Å². The van der Waals surface area contributed by atoms with Crippen molar-refractivity contribution in [1.82, 2.24) is 15.3 Å². The van der Waals surface area contributed by atoms with Gasteiger partial charge < -0.3 is 10.4 Å². The predicted octanol–water partition coefficient (Wildman–Crippen LogP) is 4.59. The van der Waals surface area contributed by atoms with Crippen molar-refractivity contribution in [2.75, 3.05) is 0 Å². The first-order valence-electron chi connectivity index (χ1n) is 7.20. The zero-order valence-electron chi connectivity index (χ0n) is 12.9. The number of pyridine rings is 1. The standard InChI is InChI=1S/C16H12BrF2N3O2S/c1-7-20-15-13(25-7)6-11(17)14(22-15)12(21-16(23)24)4-8-2-9(18)5-10(19)3-8/h2-3,5-6,12,21H,4H2,1H3,(H,23,24). The van der Waals surface area contributed by atoms with Crippen molar-refractivity contribution in [3.63, 3.8) is 0 Å². The molecule has 2 aromatic heterocycles. The van der Waals surface area contributed by atoms with Crippen molar-refractivity contribution in [3.8, 4) is 0 Å². The maximum absolute atomic E-state index is 13.4. The second-order valence-corrected chi connectivity index (χ2v) is 7.48. The van der Waals surface area contributed by atoms with Crippen LogP contribution in [-0.2, 0) is 6.42 Å². The van der Waals surface area contributed by atoms with E-state index in [0.29, 0.717) is 21.4 Å². The molecule has 0 aliphatic heterocycles. The Morgan fingerprint density at radius 3 is 2.60 bits per heavy atom. The Hall–Kier alpha value is -2.13. The lowest BCUT2D eigenvalue weighted by Gasteiger charge is -2.18. The first-order valence-corrected chi connectivity index (χ1v) is 8.81. The number of carboxylic acid groups (broad SMARTS) is 1. The Morgan fingerprint density at radius 2 is 1.96 bits per heavy atom. The van der Waals surface area contributed by atoms with Crippen molar-refractivity contribution in [3.05, 3.63) is 56.6 Å². The van der Waals surface area contributed by atoms with Gasteiger partial charge in [-0.1, -0.05) is 0 Å². The number of nitrogens with zero attached hydrogens (tertiary/aromatic N) is 2. The largest absolute Gasteiger partial charge is 0.465 e. The molecule has 3 rings (SSSR count). The quantitative estimate of drug-likeness (QED) is 0.638. The molecule has 0 saturated heterocycles. The number of halogens is 3. The second-order valence-electron chi connectivity index (χ2n) is 5.39. The summed E-state index contributed by atoms with van der Waals surface area (Å²) in [6.07, 6.45) is -1.22. The summed E-state index contributed by atoms with van der Waals surface area (Å²) in [5, 5.41) is 12.3. The summed E-state index contributed by atoms with van der Waals surface area (Å²) in [6, 6.07) is 4.12. The number of thiazole rings is 1. The molecule has 1 unspecified atom stereocenters. The molecule has 0 radical (unpaired) electrons. The van der Waals surface area contributed by atoms with Gasteiger partial charge in [0, 0.05) is 10.5 Å². The molecule has 1 atom stereocenters. The van der Waals surface area contributed by atoms with Gasteiger partial charge in [0.1, 0.15) is 11.6 Å². The highest BCUT2D eigenvalue weighted by molar-refractivity contribution is 9.10. The molecular weight excluding hydrogens is 416 g/mol. The number of nitrogens with one attached hydrogen (secondary N) is 1. The minimum atomic E-state index is -1.26. The van der Waals surface area contributed by atoms with Gasteiger partial charge in [-0.05, 0) is 53.0 Å². The van der Waals surface area contributed by atoms with E-state index in [9.17, 15) is 13.6 Å². The van der Waals surface area contributed by atoms with E-state index in [1.54, 1.807) is 0 Å². The summed E-state index contributed by atoms with van der Waals surface area (Å²) in [4.78, 5) is 19.9. The van der Waals surface area contributed by atoms with Crippen molar-refractivity contribution in [1.29, 1.82) is 0 Å². The summed E-state index contributed by atoms with van der Waals surface area (Å²) in [5.41, 5.74) is 1.23. The number of hydrogen-bond acceptors (Lipinski definition) is 4. The van der Waals surface area contributed by atoms with Gasteiger partial charge >= 0.3 is 6.09 Å². The number of fused-ring (bicyclic) bond motifs is 1. The van der Waals surface area contributed by atoms with Crippen LogP contribution in [0.5, 0.6) is 0 Å². The van der Waals surface area contributed by atoms with Crippen LogP contribution < -0.4 is 5.32 Å². The van der Waals surface area contributed by atoms with Crippen molar-refractivity contribution >= 4 is 43.7 Å². The summed E-state index contributed by atoms with van der Waals surface area (Å²) < 4.78 is 28.3. The molecule has 0 aliphatic rings. The number of amides is 1. The third-order valence-electron chi connectivity index (χ3n) is 3.46. The number of carbonyl (C=O) groups is 1. The number of aromatic nitrogens is 2.